The van der Waals surface area contributed by atoms with E-state index in [4.69, 9.17) is 16.3 Å². The fourth-order valence-electron chi connectivity index (χ4n) is 2.79. The van der Waals surface area contributed by atoms with E-state index >= 15 is 0 Å². The zero-order valence-corrected chi connectivity index (χ0v) is 15.6. The van der Waals surface area contributed by atoms with Gasteiger partial charge in [-0.15, -0.1) is 0 Å². The summed E-state index contributed by atoms with van der Waals surface area (Å²) >= 11 is 5.89. The molecule has 0 spiro atoms. The van der Waals surface area contributed by atoms with Crippen LogP contribution in [0.2, 0.25) is 5.02 Å². The molecule has 0 fully saturated rings. The van der Waals surface area contributed by atoms with E-state index < -0.39 is 0 Å². The third-order valence-electron chi connectivity index (χ3n) is 4.22. The molecule has 4 rings (SSSR count). The lowest BCUT2D eigenvalue weighted by Crippen LogP contribution is -1.95. The van der Waals surface area contributed by atoms with Crippen LogP contribution in [0.15, 0.2) is 91.0 Å². The van der Waals surface area contributed by atoms with Crippen molar-refractivity contribution in [3.05, 3.63) is 107 Å². The van der Waals surface area contributed by atoms with Crippen molar-refractivity contribution in [3.8, 4) is 11.6 Å². The highest BCUT2D eigenvalue weighted by molar-refractivity contribution is 6.30. The summed E-state index contributed by atoms with van der Waals surface area (Å²) in [5.74, 6) is 1.02. The fraction of sp³-hybridized carbons (Fsp3) is 0. The third-order valence-corrected chi connectivity index (χ3v) is 4.47. The molecule has 1 aromatic heterocycles. The number of fused-ring (bicyclic) bond motifs is 1. The number of benzene rings is 3. The number of pyridine rings is 1. The maximum absolute atomic E-state index is 12.5. The molecule has 0 atom stereocenters. The van der Waals surface area contributed by atoms with Gasteiger partial charge in [0.1, 0.15) is 5.75 Å². The van der Waals surface area contributed by atoms with Gasteiger partial charge in [0.15, 0.2) is 5.78 Å². The first-order chi connectivity index (χ1) is 13.7. The van der Waals surface area contributed by atoms with Gasteiger partial charge < -0.3 is 4.74 Å². The molecule has 1 heterocycles. The molecule has 3 aromatic carbocycles. The van der Waals surface area contributed by atoms with Crippen molar-refractivity contribution >= 4 is 34.4 Å². The lowest BCUT2D eigenvalue weighted by Gasteiger charge is -2.09. The monoisotopic (exact) mass is 385 g/mol. The number of nitrogens with zero attached hydrogens (tertiary/aromatic N) is 1. The number of carbonyl (C=O) groups excluding carboxylic acids is 1. The van der Waals surface area contributed by atoms with Crippen LogP contribution >= 0.6 is 11.6 Å². The van der Waals surface area contributed by atoms with E-state index in [0.717, 1.165) is 16.5 Å². The summed E-state index contributed by atoms with van der Waals surface area (Å²) in [5, 5.41) is 1.57. The Kier molecular flexibility index (Phi) is 5.18. The van der Waals surface area contributed by atoms with Crippen LogP contribution in [0, 0.1) is 0 Å². The molecule has 0 saturated heterocycles. The molecule has 0 saturated carbocycles. The van der Waals surface area contributed by atoms with Gasteiger partial charge in [-0.05, 0) is 60.7 Å². The minimum absolute atomic E-state index is 0.115. The predicted molar refractivity (Wildman–Crippen MR) is 113 cm³/mol. The van der Waals surface area contributed by atoms with Crippen molar-refractivity contribution in [1.29, 1.82) is 0 Å². The maximum atomic E-state index is 12.5. The summed E-state index contributed by atoms with van der Waals surface area (Å²) < 4.78 is 5.98. The Morgan fingerprint density at radius 3 is 2.39 bits per heavy atom. The van der Waals surface area contributed by atoms with E-state index in [1.54, 1.807) is 30.3 Å². The van der Waals surface area contributed by atoms with Crippen LogP contribution in [0.5, 0.6) is 11.6 Å². The first-order valence-electron chi connectivity index (χ1n) is 8.80. The van der Waals surface area contributed by atoms with Crippen molar-refractivity contribution in [1.82, 2.24) is 4.98 Å². The normalized spacial score (nSPS) is 11.0. The number of rotatable bonds is 5. The Labute approximate surface area is 167 Å². The minimum Gasteiger partial charge on any atom is -0.438 e. The van der Waals surface area contributed by atoms with Crippen molar-refractivity contribution in [2.45, 2.75) is 0 Å². The highest BCUT2D eigenvalue weighted by Gasteiger charge is 2.09. The number of para-hydroxylation sites is 2. The molecule has 0 unspecified atom stereocenters. The van der Waals surface area contributed by atoms with Crippen molar-refractivity contribution in [2.24, 2.45) is 0 Å². The second-order valence-corrected chi connectivity index (χ2v) is 6.63. The zero-order chi connectivity index (χ0) is 19.3. The Balaban J connectivity index is 1.70. The minimum atomic E-state index is -0.115. The molecule has 3 nitrogen and oxygen atoms in total. The summed E-state index contributed by atoms with van der Waals surface area (Å²) in [5.41, 5.74) is 2.12. The number of ketones is 1. The van der Waals surface area contributed by atoms with Gasteiger partial charge in [0.25, 0.3) is 0 Å². The Hall–Kier alpha value is -3.43. The van der Waals surface area contributed by atoms with Gasteiger partial charge >= 0.3 is 0 Å². The van der Waals surface area contributed by atoms with Crippen LogP contribution < -0.4 is 4.74 Å². The summed E-state index contributed by atoms with van der Waals surface area (Å²) in [6.45, 7) is 0. The molecule has 0 aliphatic rings. The average molecular weight is 386 g/mol. The molecule has 0 bridgehead atoms. The first-order valence-corrected chi connectivity index (χ1v) is 9.17. The second-order valence-electron chi connectivity index (χ2n) is 6.20. The molecule has 0 aliphatic heterocycles. The standard InChI is InChI=1S/C24H16ClNO2/c25-20-13-10-17(11-14-20)23(27)15-12-19-16-18-6-4-5-9-22(18)26-24(19)28-21-7-2-1-3-8-21/h1-16H/b15-12+. The smallest absolute Gasteiger partial charge is 0.227 e. The van der Waals surface area contributed by atoms with Crippen molar-refractivity contribution in [3.63, 3.8) is 0 Å². The highest BCUT2D eigenvalue weighted by atomic mass is 35.5. The van der Waals surface area contributed by atoms with Crippen molar-refractivity contribution in [2.75, 3.05) is 0 Å². The third kappa shape index (κ3) is 4.11. The summed E-state index contributed by atoms with van der Waals surface area (Å²) in [6, 6.07) is 26.0. The number of ether oxygens (including phenoxy) is 1. The number of hydrogen-bond donors (Lipinski definition) is 0. The quantitative estimate of drug-likeness (QED) is 0.288. The summed E-state index contributed by atoms with van der Waals surface area (Å²) in [7, 11) is 0. The SMILES string of the molecule is O=C(/C=C/c1cc2ccccc2nc1Oc1ccccc1)c1ccc(Cl)cc1. The van der Waals surface area contributed by atoms with E-state index in [1.807, 2.05) is 60.7 Å². The summed E-state index contributed by atoms with van der Waals surface area (Å²) in [4.78, 5) is 17.1. The highest BCUT2D eigenvalue weighted by Crippen LogP contribution is 2.28. The number of aromatic nitrogens is 1. The number of hydrogen-bond acceptors (Lipinski definition) is 3. The van der Waals surface area contributed by atoms with Crippen LogP contribution in [0.3, 0.4) is 0 Å². The average Bonchev–Trinajstić information content (AvgIpc) is 2.73. The zero-order valence-electron chi connectivity index (χ0n) is 14.9. The van der Waals surface area contributed by atoms with E-state index in [-0.39, 0.29) is 5.78 Å². The van der Waals surface area contributed by atoms with Crippen LogP contribution in [-0.4, -0.2) is 10.8 Å². The van der Waals surface area contributed by atoms with Crippen LogP contribution in [-0.2, 0) is 0 Å². The maximum Gasteiger partial charge on any atom is 0.227 e. The largest absolute Gasteiger partial charge is 0.438 e. The lowest BCUT2D eigenvalue weighted by molar-refractivity contribution is 0.104. The van der Waals surface area contributed by atoms with E-state index in [1.165, 1.54) is 6.08 Å². The molecule has 0 radical (unpaired) electrons. The molecule has 0 aliphatic carbocycles. The Bertz CT molecular complexity index is 1150. The lowest BCUT2D eigenvalue weighted by atomic mass is 10.1. The van der Waals surface area contributed by atoms with Gasteiger partial charge in [-0.2, -0.15) is 0 Å². The molecule has 0 N–H and O–H groups in total. The van der Waals surface area contributed by atoms with Gasteiger partial charge in [0.05, 0.1) is 5.52 Å². The van der Waals surface area contributed by atoms with Crippen LogP contribution in [0.1, 0.15) is 15.9 Å². The number of allylic oxidation sites excluding steroid dienone is 1. The van der Waals surface area contributed by atoms with E-state index in [2.05, 4.69) is 4.98 Å². The van der Waals surface area contributed by atoms with Gasteiger partial charge in [-0.1, -0.05) is 48.0 Å². The van der Waals surface area contributed by atoms with E-state index in [9.17, 15) is 4.79 Å². The Morgan fingerprint density at radius 2 is 1.61 bits per heavy atom. The predicted octanol–water partition coefficient (Wildman–Crippen LogP) is 6.58. The van der Waals surface area contributed by atoms with Gasteiger partial charge in [0, 0.05) is 21.5 Å². The van der Waals surface area contributed by atoms with Crippen LogP contribution in [0.4, 0.5) is 0 Å². The van der Waals surface area contributed by atoms with Gasteiger partial charge in [-0.3, -0.25) is 4.79 Å². The van der Waals surface area contributed by atoms with Crippen molar-refractivity contribution < 1.29 is 9.53 Å². The fourth-order valence-corrected chi connectivity index (χ4v) is 2.92. The molecular formula is C24H16ClNO2. The molecule has 136 valence electrons. The topological polar surface area (TPSA) is 39.2 Å². The molecule has 0 amide bonds. The molecule has 28 heavy (non-hydrogen) atoms. The Morgan fingerprint density at radius 1 is 0.893 bits per heavy atom. The number of carbonyl (C=O) groups is 1. The second kappa shape index (κ2) is 8.07. The van der Waals surface area contributed by atoms with E-state index in [0.29, 0.717) is 22.2 Å². The van der Waals surface area contributed by atoms with Gasteiger partial charge in [-0.25, -0.2) is 4.98 Å². The molecular weight excluding hydrogens is 370 g/mol. The summed E-state index contributed by atoms with van der Waals surface area (Å²) in [6.07, 6.45) is 3.25. The molecule has 4 aromatic rings. The van der Waals surface area contributed by atoms with Gasteiger partial charge in [0.2, 0.25) is 5.88 Å². The van der Waals surface area contributed by atoms with Crippen LogP contribution in [0.25, 0.3) is 17.0 Å². The number of halogens is 1. The molecule has 4 heteroatoms. The first kappa shape index (κ1) is 18.0.